The zero-order valence-corrected chi connectivity index (χ0v) is 16.0. The molecule has 0 unspecified atom stereocenters. The maximum absolute atomic E-state index is 12.5. The van der Waals surface area contributed by atoms with Gasteiger partial charge in [-0.05, 0) is 42.2 Å². The molecule has 0 radical (unpaired) electrons. The number of amides is 2. The van der Waals surface area contributed by atoms with E-state index in [1.165, 1.54) is 18.2 Å². The van der Waals surface area contributed by atoms with Crippen LogP contribution in [0.4, 0.5) is 18.9 Å². The molecule has 2 amide bonds. The number of halogens is 3. The number of rotatable bonds is 9. The van der Waals surface area contributed by atoms with Gasteiger partial charge in [-0.15, -0.1) is 13.2 Å². The van der Waals surface area contributed by atoms with Gasteiger partial charge in [-0.1, -0.05) is 37.3 Å². The third kappa shape index (κ3) is 8.25. The average molecular weight is 408 g/mol. The molecule has 29 heavy (non-hydrogen) atoms. The standard InChI is InChI=1S/C21H23F3N2O3/c1-2-6-20(28)26-17-9-5-7-15(13-17)14-25-19(27)12-11-16-8-3-4-10-18(16)29-21(22,23)24/h3-5,7-10,13H,2,6,11-12,14H2,1H3,(H,25,27)(H,26,28). The van der Waals surface area contributed by atoms with E-state index in [1.54, 1.807) is 24.3 Å². The SMILES string of the molecule is CCCC(=O)Nc1cccc(CNC(=O)CCc2ccccc2OC(F)(F)F)c1. The van der Waals surface area contributed by atoms with Crippen molar-refractivity contribution in [2.24, 2.45) is 0 Å². The van der Waals surface area contributed by atoms with Crippen LogP contribution in [-0.2, 0) is 22.6 Å². The van der Waals surface area contributed by atoms with Crippen molar-refractivity contribution in [1.29, 1.82) is 0 Å². The molecule has 156 valence electrons. The first-order chi connectivity index (χ1) is 13.8. The van der Waals surface area contributed by atoms with Crippen LogP contribution in [0.3, 0.4) is 0 Å². The number of carbonyl (C=O) groups excluding carboxylic acids is 2. The Kier molecular flexibility index (Phi) is 8.06. The van der Waals surface area contributed by atoms with Crippen LogP contribution in [0.15, 0.2) is 48.5 Å². The van der Waals surface area contributed by atoms with Gasteiger partial charge in [0.2, 0.25) is 11.8 Å². The summed E-state index contributed by atoms with van der Waals surface area (Å²) in [7, 11) is 0. The highest BCUT2D eigenvalue weighted by molar-refractivity contribution is 5.90. The minimum Gasteiger partial charge on any atom is -0.406 e. The molecule has 0 aliphatic carbocycles. The van der Waals surface area contributed by atoms with Crippen molar-refractivity contribution in [3.63, 3.8) is 0 Å². The number of aryl methyl sites for hydroxylation is 1. The Balaban J connectivity index is 1.86. The van der Waals surface area contributed by atoms with E-state index < -0.39 is 6.36 Å². The molecule has 0 aliphatic rings. The van der Waals surface area contributed by atoms with Crippen molar-refractivity contribution in [3.8, 4) is 5.75 Å². The van der Waals surface area contributed by atoms with Gasteiger partial charge in [0.25, 0.3) is 0 Å². The summed E-state index contributed by atoms with van der Waals surface area (Å²) in [6, 6.07) is 12.9. The molecule has 0 atom stereocenters. The lowest BCUT2D eigenvalue weighted by Gasteiger charge is -2.13. The van der Waals surface area contributed by atoms with Crippen LogP contribution in [0.1, 0.15) is 37.3 Å². The molecule has 0 saturated heterocycles. The molecule has 0 spiro atoms. The molecular formula is C21H23F3N2O3. The average Bonchev–Trinajstić information content (AvgIpc) is 2.65. The van der Waals surface area contributed by atoms with Gasteiger partial charge in [0.05, 0.1) is 0 Å². The fraction of sp³-hybridized carbons (Fsp3) is 0.333. The van der Waals surface area contributed by atoms with Crippen LogP contribution in [-0.4, -0.2) is 18.2 Å². The highest BCUT2D eigenvalue weighted by Gasteiger charge is 2.31. The Morgan fingerprint density at radius 3 is 2.48 bits per heavy atom. The molecule has 8 heteroatoms. The van der Waals surface area contributed by atoms with Crippen molar-refractivity contribution in [2.45, 2.75) is 45.5 Å². The first-order valence-corrected chi connectivity index (χ1v) is 9.26. The number of nitrogens with one attached hydrogen (secondary N) is 2. The van der Waals surface area contributed by atoms with Crippen LogP contribution in [0.2, 0.25) is 0 Å². The lowest BCUT2D eigenvalue weighted by atomic mass is 10.1. The molecule has 2 aromatic carbocycles. The lowest BCUT2D eigenvalue weighted by molar-refractivity contribution is -0.274. The number of alkyl halides is 3. The van der Waals surface area contributed by atoms with Crippen LogP contribution in [0, 0.1) is 0 Å². The molecule has 0 fully saturated rings. The number of hydrogen-bond acceptors (Lipinski definition) is 3. The van der Waals surface area contributed by atoms with Crippen molar-refractivity contribution >= 4 is 17.5 Å². The lowest BCUT2D eigenvalue weighted by Crippen LogP contribution is -2.23. The van der Waals surface area contributed by atoms with E-state index >= 15 is 0 Å². The second-order valence-corrected chi connectivity index (χ2v) is 6.43. The molecular weight excluding hydrogens is 385 g/mol. The monoisotopic (exact) mass is 408 g/mol. The second-order valence-electron chi connectivity index (χ2n) is 6.43. The van der Waals surface area contributed by atoms with Crippen molar-refractivity contribution < 1.29 is 27.5 Å². The number of hydrogen-bond donors (Lipinski definition) is 2. The molecule has 2 aromatic rings. The second kappa shape index (κ2) is 10.5. The first-order valence-electron chi connectivity index (χ1n) is 9.26. The molecule has 0 aliphatic heterocycles. The predicted molar refractivity (Wildman–Crippen MR) is 103 cm³/mol. The number of ether oxygens (including phenoxy) is 1. The van der Waals surface area contributed by atoms with Crippen LogP contribution < -0.4 is 15.4 Å². The van der Waals surface area contributed by atoms with Crippen molar-refractivity contribution in [3.05, 3.63) is 59.7 Å². The van der Waals surface area contributed by atoms with Gasteiger partial charge in [0.1, 0.15) is 5.75 Å². The zero-order valence-electron chi connectivity index (χ0n) is 16.0. The summed E-state index contributed by atoms with van der Waals surface area (Å²) >= 11 is 0. The summed E-state index contributed by atoms with van der Waals surface area (Å²) in [5.41, 5.74) is 1.75. The van der Waals surface area contributed by atoms with Gasteiger partial charge >= 0.3 is 6.36 Å². The quantitative estimate of drug-likeness (QED) is 0.639. The third-order valence-corrected chi connectivity index (χ3v) is 4.00. The molecule has 0 aromatic heterocycles. The summed E-state index contributed by atoms with van der Waals surface area (Å²) < 4.78 is 41.4. The van der Waals surface area contributed by atoms with E-state index in [4.69, 9.17) is 0 Å². The van der Waals surface area contributed by atoms with Crippen molar-refractivity contribution in [2.75, 3.05) is 5.32 Å². The van der Waals surface area contributed by atoms with Gasteiger partial charge < -0.3 is 15.4 Å². The van der Waals surface area contributed by atoms with E-state index in [2.05, 4.69) is 15.4 Å². The van der Waals surface area contributed by atoms with E-state index in [0.717, 1.165) is 12.0 Å². The molecule has 2 N–H and O–H groups in total. The minimum absolute atomic E-state index is 0.0190. The minimum atomic E-state index is -4.78. The molecule has 0 heterocycles. The first kappa shape index (κ1) is 22.3. The van der Waals surface area contributed by atoms with Crippen LogP contribution in [0.5, 0.6) is 5.75 Å². The Morgan fingerprint density at radius 2 is 1.76 bits per heavy atom. The number of benzene rings is 2. The summed E-state index contributed by atoms with van der Waals surface area (Å²) in [6.45, 7) is 2.16. The Bertz CT molecular complexity index is 838. The highest BCUT2D eigenvalue weighted by atomic mass is 19.4. The Hall–Kier alpha value is -3.03. The number of para-hydroxylation sites is 1. The van der Waals surface area contributed by atoms with Gasteiger partial charge in [0.15, 0.2) is 0 Å². The Labute approximate surface area is 167 Å². The van der Waals surface area contributed by atoms with E-state index in [-0.39, 0.29) is 37.0 Å². The third-order valence-electron chi connectivity index (χ3n) is 4.00. The maximum atomic E-state index is 12.5. The maximum Gasteiger partial charge on any atom is 0.573 e. The topological polar surface area (TPSA) is 67.4 Å². The van der Waals surface area contributed by atoms with Crippen LogP contribution >= 0.6 is 0 Å². The Morgan fingerprint density at radius 1 is 1.00 bits per heavy atom. The molecule has 2 rings (SSSR count). The van der Waals surface area contributed by atoms with Crippen molar-refractivity contribution in [1.82, 2.24) is 5.32 Å². The van der Waals surface area contributed by atoms with E-state index in [1.807, 2.05) is 13.0 Å². The predicted octanol–water partition coefficient (Wildman–Crippen LogP) is 4.57. The molecule has 0 bridgehead atoms. The summed E-state index contributed by atoms with van der Waals surface area (Å²) in [4.78, 5) is 23.8. The molecule has 0 saturated carbocycles. The smallest absolute Gasteiger partial charge is 0.406 e. The number of anilines is 1. The summed E-state index contributed by atoms with van der Waals surface area (Å²) in [5, 5.41) is 5.51. The van der Waals surface area contributed by atoms with Gasteiger partial charge in [-0.2, -0.15) is 0 Å². The largest absolute Gasteiger partial charge is 0.573 e. The molecule has 5 nitrogen and oxygen atoms in total. The highest BCUT2D eigenvalue weighted by Crippen LogP contribution is 2.27. The summed E-state index contributed by atoms with van der Waals surface area (Å²) in [5.74, 6) is -0.677. The number of carbonyl (C=O) groups is 2. The van der Waals surface area contributed by atoms with E-state index in [9.17, 15) is 22.8 Å². The van der Waals surface area contributed by atoms with E-state index in [0.29, 0.717) is 17.7 Å². The normalized spacial score (nSPS) is 11.0. The zero-order chi connectivity index (χ0) is 21.3. The summed E-state index contributed by atoms with van der Waals surface area (Å²) in [6.07, 6.45) is -3.47. The fourth-order valence-electron chi connectivity index (χ4n) is 2.68. The van der Waals surface area contributed by atoms with Gasteiger partial charge in [0, 0.05) is 25.1 Å². The van der Waals surface area contributed by atoms with Gasteiger partial charge in [-0.3, -0.25) is 9.59 Å². The van der Waals surface area contributed by atoms with Gasteiger partial charge in [-0.25, -0.2) is 0 Å². The fourth-order valence-corrected chi connectivity index (χ4v) is 2.68. The van der Waals surface area contributed by atoms with Crippen LogP contribution in [0.25, 0.3) is 0 Å².